The lowest BCUT2D eigenvalue weighted by Gasteiger charge is -2.14. The van der Waals surface area contributed by atoms with Crippen LogP contribution in [0.3, 0.4) is 0 Å². The Hall–Kier alpha value is -4.44. The minimum absolute atomic E-state index is 0.158. The molecule has 0 aliphatic heterocycles. The van der Waals surface area contributed by atoms with Gasteiger partial charge in [-0.2, -0.15) is 0 Å². The Kier molecular flexibility index (Phi) is 6.88. The maximum absolute atomic E-state index is 13.9. The average Bonchev–Trinajstić information content (AvgIpc) is 3.39. The monoisotopic (exact) mass is 650 g/mol. The van der Waals surface area contributed by atoms with Gasteiger partial charge in [0, 0.05) is 30.9 Å². The van der Waals surface area contributed by atoms with Gasteiger partial charge in [-0.1, -0.05) is 77.9 Å². The fourth-order valence-electron chi connectivity index (χ4n) is 6.01. The van der Waals surface area contributed by atoms with Crippen molar-refractivity contribution in [2.45, 2.75) is 37.5 Å². The minimum atomic E-state index is -3.94. The van der Waals surface area contributed by atoms with Crippen LogP contribution >= 0.6 is 11.3 Å². The van der Waals surface area contributed by atoms with Crippen LogP contribution in [0.25, 0.3) is 41.7 Å². The molecule has 0 atom stereocenters. The van der Waals surface area contributed by atoms with E-state index in [9.17, 15) is 16.8 Å². The van der Waals surface area contributed by atoms with Crippen molar-refractivity contribution in [3.05, 3.63) is 119 Å². The zero-order chi connectivity index (χ0) is 31.7. The third-order valence-electron chi connectivity index (χ3n) is 8.25. The molecule has 7 rings (SSSR count). The lowest BCUT2D eigenvalue weighted by atomic mass is 10.0. The van der Waals surface area contributed by atoms with Crippen molar-refractivity contribution < 1.29 is 16.8 Å². The van der Waals surface area contributed by atoms with Gasteiger partial charge < -0.3 is 0 Å². The number of benzene rings is 6. The molecule has 0 amide bonds. The van der Waals surface area contributed by atoms with Crippen LogP contribution < -0.4 is 9.44 Å². The van der Waals surface area contributed by atoms with Crippen molar-refractivity contribution in [1.82, 2.24) is 0 Å². The topological polar surface area (TPSA) is 92.3 Å². The standard InChI is InChI=1S/C36H30N2O4S3/c1-21-9-15-31(23(3)17-21)37-44(39,40)26-13-11-25-12-14-29-35-28-8-6-5-7-27(28)34(20-33(35)43-36(29)30(25)19-26)45(41,42)38-32-16-10-22(2)18-24(32)4/h5-20,37-38H,1-4H3. The largest absolute Gasteiger partial charge is 0.279 e. The van der Waals surface area contributed by atoms with Crippen molar-refractivity contribution >= 4 is 84.5 Å². The first-order valence-electron chi connectivity index (χ1n) is 14.4. The fraction of sp³-hybridized carbons (Fsp3) is 0.111. The third-order valence-corrected chi connectivity index (χ3v) is 12.2. The van der Waals surface area contributed by atoms with Gasteiger partial charge >= 0.3 is 0 Å². The molecule has 2 N–H and O–H groups in total. The zero-order valence-electron chi connectivity index (χ0n) is 25.1. The number of thiophene rings is 1. The Morgan fingerprint density at radius 3 is 1.80 bits per heavy atom. The van der Waals surface area contributed by atoms with Crippen LogP contribution in [0.15, 0.2) is 107 Å². The van der Waals surface area contributed by atoms with E-state index in [1.54, 1.807) is 30.3 Å². The maximum atomic E-state index is 13.9. The third kappa shape index (κ3) is 5.10. The van der Waals surface area contributed by atoms with Gasteiger partial charge in [-0.15, -0.1) is 11.3 Å². The van der Waals surface area contributed by atoms with Gasteiger partial charge in [0.25, 0.3) is 20.0 Å². The van der Waals surface area contributed by atoms with Crippen LogP contribution in [0.2, 0.25) is 0 Å². The van der Waals surface area contributed by atoms with Gasteiger partial charge in [-0.3, -0.25) is 9.44 Å². The summed E-state index contributed by atoms with van der Waals surface area (Å²) in [7, 11) is -7.81. The molecule has 0 saturated heterocycles. The number of rotatable bonds is 6. The Bertz CT molecular complexity index is 2570. The fourth-order valence-corrected chi connectivity index (χ4v) is 9.90. The molecular formula is C36H30N2O4S3. The van der Waals surface area contributed by atoms with E-state index in [1.807, 2.05) is 94.4 Å². The summed E-state index contributed by atoms with van der Waals surface area (Å²) in [6.45, 7) is 7.70. The second kappa shape index (κ2) is 10.6. The van der Waals surface area contributed by atoms with Crippen LogP contribution in [-0.4, -0.2) is 16.8 Å². The molecule has 45 heavy (non-hydrogen) atoms. The summed E-state index contributed by atoms with van der Waals surface area (Å²) in [6, 6.07) is 29.6. The van der Waals surface area contributed by atoms with E-state index >= 15 is 0 Å². The van der Waals surface area contributed by atoms with Gasteiger partial charge in [-0.05, 0) is 79.9 Å². The Labute approximate surface area is 266 Å². The second-order valence-electron chi connectivity index (χ2n) is 11.6. The molecule has 0 bridgehead atoms. The van der Waals surface area contributed by atoms with Gasteiger partial charge in [0.2, 0.25) is 0 Å². The van der Waals surface area contributed by atoms with E-state index in [0.29, 0.717) is 16.8 Å². The summed E-state index contributed by atoms with van der Waals surface area (Å²) in [5.41, 5.74) is 4.87. The van der Waals surface area contributed by atoms with E-state index in [2.05, 4.69) is 9.44 Å². The molecule has 0 aliphatic rings. The van der Waals surface area contributed by atoms with Gasteiger partial charge in [-0.25, -0.2) is 16.8 Å². The number of fused-ring (bicyclic) bond motifs is 7. The molecule has 0 unspecified atom stereocenters. The predicted octanol–water partition coefficient (Wildman–Crippen LogP) is 9.20. The van der Waals surface area contributed by atoms with Crippen LogP contribution in [0, 0.1) is 27.7 Å². The van der Waals surface area contributed by atoms with Crippen molar-refractivity contribution in [3.63, 3.8) is 0 Å². The predicted molar refractivity (Wildman–Crippen MR) is 188 cm³/mol. The Morgan fingerprint density at radius 1 is 0.556 bits per heavy atom. The minimum Gasteiger partial charge on any atom is -0.279 e. The van der Waals surface area contributed by atoms with Crippen LogP contribution in [0.1, 0.15) is 22.3 Å². The smallest absolute Gasteiger partial charge is 0.262 e. The Morgan fingerprint density at radius 2 is 1.16 bits per heavy atom. The molecule has 0 fully saturated rings. The van der Waals surface area contributed by atoms with Crippen LogP contribution in [0.5, 0.6) is 0 Å². The van der Waals surface area contributed by atoms with Gasteiger partial charge in [0.1, 0.15) is 0 Å². The summed E-state index contributed by atoms with van der Waals surface area (Å²) in [6.07, 6.45) is 0. The first-order valence-corrected chi connectivity index (χ1v) is 18.2. The molecule has 1 heterocycles. The molecule has 0 spiro atoms. The SMILES string of the molecule is Cc1ccc(NS(=O)(=O)c2ccc3ccc4c(sc5cc(S(=O)(=O)Nc6ccc(C)cc6C)c6ccccc6c54)c3c2)c(C)c1. The van der Waals surface area contributed by atoms with Gasteiger partial charge in [0.05, 0.1) is 21.2 Å². The molecule has 0 radical (unpaired) electrons. The summed E-state index contributed by atoms with van der Waals surface area (Å²) in [5.74, 6) is 0. The first-order chi connectivity index (χ1) is 21.4. The van der Waals surface area contributed by atoms with E-state index in [1.165, 1.54) is 11.3 Å². The summed E-state index contributed by atoms with van der Waals surface area (Å²) in [5, 5.41) is 5.02. The highest BCUT2D eigenvalue weighted by atomic mass is 32.2. The zero-order valence-corrected chi connectivity index (χ0v) is 27.5. The number of hydrogen-bond acceptors (Lipinski definition) is 5. The normalized spacial score (nSPS) is 12.4. The van der Waals surface area contributed by atoms with E-state index in [4.69, 9.17) is 0 Å². The van der Waals surface area contributed by atoms with E-state index < -0.39 is 20.0 Å². The van der Waals surface area contributed by atoms with Crippen molar-refractivity contribution in [3.8, 4) is 0 Å². The molecule has 1 aromatic heterocycles. The van der Waals surface area contributed by atoms with Crippen molar-refractivity contribution in [2.24, 2.45) is 0 Å². The number of nitrogens with one attached hydrogen (secondary N) is 2. The van der Waals surface area contributed by atoms with E-state index in [0.717, 1.165) is 58.6 Å². The highest BCUT2D eigenvalue weighted by molar-refractivity contribution is 7.93. The highest BCUT2D eigenvalue weighted by Gasteiger charge is 2.23. The summed E-state index contributed by atoms with van der Waals surface area (Å²) >= 11 is 1.47. The molecule has 226 valence electrons. The number of hydrogen-bond donors (Lipinski definition) is 2. The van der Waals surface area contributed by atoms with Gasteiger partial charge in [0.15, 0.2) is 0 Å². The second-order valence-corrected chi connectivity index (χ2v) is 16.0. The molecule has 9 heteroatoms. The maximum Gasteiger partial charge on any atom is 0.262 e. The summed E-state index contributed by atoms with van der Waals surface area (Å²) < 4.78 is 62.1. The lowest BCUT2D eigenvalue weighted by molar-refractivity contribution is 0.600. The lowest BCUT2D eigenvalue weighted by Crippen LogP contribution is -2.14. The average molecular weight is 651 g/mol. The molecular weight excluding hydrogens is 621 g/mol. The summed E-state index contributed by atoms with van der Waals surface area (Å²) in [4.78, 5) is 0.355. The molecule has 6 aromatic carbocycles. The van der Waals surface area contributed by atoms with E-state index in [-0.39, 0.29) is 9.79 Å². The first kappa shape index (κ1) is 29.3. The van der Waals surface area contributed by atoms with Crippen LogP contribution in [0.4, 0.5) is 11.4 Å². The molecule has 0 aliphatic carbocycles. The molecule has 7 aromatic rings. The van der Waals surface area contributed by atoms with Crippen molar-refractivity contribution in [1.29, 1.82) is 0 Å². The highest BCUT2D eigenvalue weighted by Crippen LogP contribution is 2.44. The molecule has 0 saturated carbocycles. The Balaban J connectivity index is 1.41. The van der Waals surface area contributed by atoms with Crippen molar-refractivity contribution in [2.75, 3.05) is 9.44 Å². The number of sulfonamides is 2. The molecule has 6 nitrogen and oxygen atoms in total. The quantitative estimate of drug-likeness (QED) is 0.188. The van der Waals surface area contributed by atoms with Crippen LogP contribution in [-0.2, 0) is 20.0 Å². The number of anilines is 2. The number of aryl methyl sites for hydroxylation is 4.